The van der Waals surface area contributed by atoms with Crippen molar-refractivity contribution in [3.63, 3.8) is 0 Å². The second-order valence-corrected chi connectivity index (χ2v) is 11.9. The molecular formula is C30H36ClN3O6S. The quantitative estimate of drug-likeness (QED) is 0.299. The number of methoxy groups -OCH3 is 2. The second kappa shape index (κ2) is 14.2. The van der Waals surface area contributed by atoms with E-state index in [4.69, 9.17) is 21.1 Å². The summed E-state index contributed by atoms with van der Waals surface area (Å²) in [5.41, 5.74) is 0.934. The largest absolute Gasteiger partial charge is 0.497 e. The van der Waals surface area contributed by atoms with E-state index in [2.05, 4.69) is 5.32 Å². The molecule has 0 spiro atoms. The minimum atomic E-state index is -4.23. The number of nitrogens with one attached hydrogen (secondary N) is 1. The number of amides is 2. The smallest absolute Gasteiger partial charge is 0.264 e. The summed E-state index contributed by atoms with van der Waals surface area (Å²) in [6, 6.07) is 18.3. The Balaban J connectivity index is 2.07. The third kappa shape index (κ3) is 8.14. The molecule has 11 heteroatoms. The standard InChI is InChI=1S/C30H36ClN3O6S/c1-6-28(30(36)32-21(2)3)33(19-22-9-7-12-26(17-22)40-5)29(35)20-34(24-11-8-10-23(31)18-24)41(37,38)27-15-13-25(39-4)14-16-27/h7-18,21,28H,6,19-20H2,1-5H3,(H,32,36). The fourth-order valence-electron chi connectivity index (χ4n) is 4.30. The van der Waals surface area contributed by atoms with E-state index in [1.807, 2.05) is 19.9 Å². The summed E-state index contributed by atoms with van der Waals surface area (Å²) in [7, 11) is -1.20. The number of hydrogen-bond donors (Lipinski definition) is 1. The van der Waals surface area contributed by atoms with Gasteiger partial charge in [0.2, 0.25) is 11.8 Å². The van der Waals surface area contributed by atoms with Crippen molar-refractivity contribution in [2.45, 2.75) is 50.7 Å². The Morgan fingerprint density at radius 2 is 1.59 bits per heavy atom. The minimum absolute atomic E-state index is 0.0324. The van der Waals surface area contributed by atoms with Gasteiger partial charge in [0.1, 0.15) is 24.1 Å². The van der Waals surface area contributed by atoms with Gasteiger partial charge in [0.25, 0.3) is 10.0 Å². The number of carbonyl (C=O) groups excluding carboxylic acids is 2. The van der Waals surface area contributed by atoms with Crippen LogP contribution >= 0.6 is 11.6 Å². The molecule has 0 bridgehead atoms. The van der Waals surface area contributed by atoms with Gasteiger partial charge < -0.3 is 19.7 Å². The number of rotatable bonds is 13. The third-order valence-electron chi connectivity index (χ3n) is 6.33. The van der Waals surface area contributed by atoms with Gasteiger partial charge in [0, 0.05) is 17.6 Å². The summed E-state index contributed by atoms with van der Waals surface area (Å²) in [6.07, 6.45) is 0.316. The first-order valence-electron chi connectivity index (χ1n) is 13.1. The van der Waals surface area contributed by atoms with Crippen molar-refractivity contribution in [2.24, 2.45) is 0 Å². The minimum Gasteiger partial charge on any atom is -0.497 e. The normalized spacial score (nSPS) is 12.0. The van der Waals surface area contributed by atoms with Crippen molar-refractivity contribution in [2.75, 3.05) is 25.1 Å². The lowest BCUT2D eigenvalue weighted by molar-refractivity contribution is -0.140. The van der Waals surface area contributed by atoms with Crippen LogP contribution in [0.2, 0.25) is 5.02 Å². The first-order chi connectivity index (χ1) is 19.5. The Hall–Kier alpha value is -3.76. The lowest BCUT2D eigenvalue weighted by Crippen LogP contribution is -2.53. The number of sulfonamides is 1. The van der Waals surface area contributed by atoms with E-state index in [-0.39, 0.29) is 29.1 Å². The Labute approximate surface area is 247 Å². The molecule has 1 unspecified atom stereocenters. The van der Waals surface area contributed by atoms with Gasteiger partial charge in [-0.3, -0.25) is 13.9 Å². The van der Waals surface area contributed by atoms with E-state index in [1.165, 1.54) is 42.3 Å². The third-order valence-corrected chi connectivity index (χ3v) is 8.35. The summed E-state index contributed by atoms with van der Waals surface area (Å²) in [5, 5.41) is 3.18. The number of ether oxygens (including phenoxy) is 2. The van der Waals surface area contributed by atoms with Crippen LogP contribution in [0.3, 0.4) is 0 Å². The van der Waals surface area contributed by atoms with E-state index >= 15 is 0 Å². The van der Waals surface area contributed by atoms with Crippen LogP contribution in [0.25, 0.3) is 0 Å². The van der Waals surface area contributed by atoms with Gasteiger partial charge >= 0.3 is 0 Å². The number of benzene rings is 3. The number of nitrogens with zero attached hydrogens (tertiary/aromatic N) is 2. The Bertz CT molecular complexity index is 1450. The first kappa shape index (κ1) is 31.8. The molecule has 3 aromatic rings. The highest BCUT2D eigenvalue weighted by atomic mass is 35.5. The Kier molecular flexibility index (Phi) is 11.0. The fourth-order valence-corrected chi connectivity index (χ4v) is 5.89. The molecule has 3 aromatic carbocycles. The molecule has 2 amide bonds. The molecule has 0 aliphatic heterocycles. The molecule has 1 atom stereocenters. The molecule has 0 radical (unpaired) electrons. The number of halogens is 1. The molecule has 0 aliphatic rings. The number of carbonyl (C=O) groups is 2. The highest BCUT2D eigenvalue weighted by molar-refractivity contribution is 7.92. The maximum atomic E-state index is 14.1. The number of hydrogen-bond acceptors (Lipinski definition) is 6. The van der Waals surface area contributed by atoms with Crippen LogP contribution in [0, 0.1) is 0 Å². The number of anilines is 1. The Morgan fingerprint density at radius 1 is 0.927 bits per heavy atom. The van der Waals surface area contributed by atoms with Crippen molar-refractivity contribution in [1.29, 1.82) is 0 Å². The highest BCUT2D eigenvalue weighted by Gasteiger charge is 2.34. The molecule has 0 aromatic heterocycles. The lowest BCUT2D eigenvalue weighted by atomic mass is 10.1. The zero-order valence-corrected chi connectivity index (χ0v) is 25.4. The molecule has 41 heavy (non-hydrogen) atoms. The van der Waals surface area contributed by atoms with Crippen LogP contribution in [0.4, 0.5) is 5.69 Å². The second-order valence-electron chi connectivity index (χ2n) is 9.63. The van der Waals surface area contributed by atoms with Crippen molar-refractivity contribution < 1.29 is 27.5 Å². The van der Waals surface area contributed by atoms with Crippen LogP contribution in [-0.4, -0.2) is 58.0 Å². The van der Waals surface area contributed by atoms with E-state index in [0.717, 1.165) is 9.87 Å². The molecule has 9 nitrogen and oxygen atoms in total. The monoisotopic (exact) mass is 601 g/mol. The van der Waals surface area contributed by atoms with Crippen LogP contribution in [0.5, 0.6) is 11.5 Å². The molecule has 0 fully saturated rings. The SMILES string of the molecule is CCC(C(=O)NC(C)C)N(Cc1cccc(OC)c1)C(=O)CN(c1cccc(Cl)c1)S(=O)(=O)c1ccc(OC)cc1. The predicted octanol–water partition coefficient (Wildman–Crippen LogP) is 4.88. The average molecular weight is 602 g/mol. The highest BCUT2D eigenvalue weighted by Crippen LogP contribution is 2.28. The van der Waals surface area contributed by atoms with Crippen LogP contribution in [0.15, 0.2) is 77.7 Å². The topological polar surface area (TPSA) is 105 Å². The van der Waals surface area contributed by atoms with Crippen molar-refractivity contribution >= 4 is 39.1 Å². The van der Waals surface area contributed by atoms with Gasteiger partial charge in [0.05, 0.1) is 24.8 Å². The van der Waals surface area contributed by atoms with Gasteiger partial charge in [-0.2, -0.15) is 0 Å². The molecule has 220 valence electrons. The predicted molar refractivity (Wildman–Crippen MR) is 160 cm³/mol. The van der Waals surface area contributed by atoms with E-state index in [0.29, 0.717) is 22.9 Å². The van der Waals surface area contributed by atoms with E-state index in [9.17, 15) is 18.0 Å². The summed E-state index contributed by atoms with van der Waals surface area (Å²) >= 11 is 6.22. The summed E-state index contributed by atoms with van der Waals surface area (Å²) < 4.78 is 39.4. The zero-order valence-electron chi connectivity index (χ0n) is 23.8. The zero-order chi connectivity index (χ0) is 30.2. The van der Waals surface area contributed by atoms with Crippen LogP contribution < -0.4 is 19.1 Å². The van der Waals surface area contributed by atoms with Crippen molar-refractivity contribution in [3.8, 4) is 11.5 Å². The molecule has 0 saturated heterocycles. The molecule has 3 rings (SSSR count). The molecule has 0 aliphatic carbocycles. The van der Waals surface area contributed by atoms with Crippen molar-refractivity contribution in [1.82, 2.24) is 10.2 Å². The molecule has 0 heterocycles. The molecule has 0 saturated carbocycles. The van der Waals surface area contributed by atoms with Crippen molar-refractivity contribution in [3.05, 3.63) is 83.4 Å². The maximum absolute atomic E-state index is 14.1. The van der Waals surface area contributed by atoms with Crippen LogP contribution in [0.1, 0.15) is 32.8 Å². The van der Waals surface area contributed by atoms with Gasteiger partial charge in [-0.15, -0.1) is 0 Å². The van der Waals surface area contributed by atoms with Gasteiger partial charge in [-0.1, -0.05) is 36.7 Å². The fraction of sp³-hybridized carbons (Fsp3) is 0.333. The average Bonchev–Trinajstić information content (AvgIpc) is 2.95. The van der Waals surface area contributed by atoms with Gasteiger partial charge in [-0.05, 0) is 80.4 Å². The lowest BCUT2D eigenvalue weighted by Gasteiger charge is -2.33. The summed E-state index contributed by atoms with van der Waals surface area (Å²) in [6.45, 7) is 4.97. The Morgan fingerprint density at radius 3 is 2.17 bits per heavy atom. The molecule has 1 N–H and O–H groups in total. The van der Waals surface area contributed by atoms with Gasteiger partial charge in [0.15, 0.2) is 0 Å². The first-order valence-corrected chi connectivity index (χ1v) is 15.0. The maximum Gasteiger partial charge on any atom is 0.264 e. The van der Waals surface area contributed by atoms with Crippen LogP contribution in [-0.2, 0) is 26.2 Å². The van der Waals surface area contributed by atoms with E-state index in [1.54, 1.807) is 50.4 Å². The molecular weight excluding hydrogens is 566 g/mol. The van der Waals surface area contributed by atoms with Gasteiger partial charge in [-0.25, -0.2) is 8.42 Å². The summed E-state index contributed by atoms with van der Waals surface area (Å²) in [5.74, 6) is 0.194. The van der Waals surface area contributed by atoms with E-state index < -0.39 is 28.5 Å². The summed E-state index contributed by atoms with van der Waals surface area (Å²) in [4.78, 5) is 28.7.